The molecular weight excluding hydrogens is 216 g/mol. The molecule has 1 atom stereocenters. The van der Waals surface area contributed by atoms with Crippen molar-refractivity contribution in [2.24, 2.45) is 11.8 Å². The van der Waals surface area contributed by atoms with Crippen LogP contribution in [0.3, 0.4) is 0 Å². The van der Waals surface area contributed by atoms with Crippen LogP contribution < -0.4 is 5.32 Å². The number of hydrogen-bond acceptors (Lipinski definition) is 3. The van der Waals surface area contributed by atoms with Crippen LogP contribution in [0.2, 0.25) is 0 Å². The molecule has 2 nitrogen and oxygen atoms in total. The van der Waals surface area contributed by atoms with E-state index < -0.39 is 0 Å². The molecule has 2 heterocycles. The van der Waals surface area contributed by atoms with Crippen LogP contribution in [0, 0.1) is 11.8 Å². The Hall–Kier alpha value is -0.380. The van der Waals surface area contributed by atoms with Crippen LogP contribution >= 0.6 is 11.3 Å². The average molecular weight is 238 g/mol. The van der Waals surface area contributed by atoms with E-state index >= 15 is 0 Å². The Bertz CT molecular complexity index is 293. The number of hydrogen-bond donors (Lipinski definition) is 1. The smallest absolute Gasteiger partial charge is 0.00579 e. The molecule has 0 aromatic carbocycles. The fourth-order valence-corrected chi connectivity index (χ4v) is 2.90. The zero-order chi connectivity index (χ0) is 11.4. The number of nitrogens with zero attached hydrogens (tertiary/aromatic N) is 1. The first kappa shape index (κ1) is 12.1. The molecule has 1 aliphatic rings. The molecule has 16 heavy (non-hydrogen) atoms. The largest absolute Gasteiger partial charge is 0.316 e. The summed E-state index contributed by atoms with van der Waals surface area (Å²) in [5.74, 6) is 1.73. The van der Waals surface area contributed by atoms with Gasteiger partial charge in [0.05, 0.1) is 0 Å². The van der Waals surface area contributed by atoms with Crippen LogP contribution in [-0.4, -0.2) is 38.1 Å². The molecule has 3 heteroatoms. The molecule has 0 radical (unpaired) electrons. The van der Waals surface area contributed by atoms with Gasteiger partial charge in [0.15, 0.2) is 0 Å². The van der Waals surface area contributed by atoms with Crippen LogP contribution in [0.15, 0.2) is 17.5 Å². The van der Waals surface area contributed by atoms with Crippen LogP contribution in [0.5, 0.6) is 0 Å². The summed E-state index contributed by atoms with van der Waals surface area (Å²) in [7, 11) is 2.25. The molecule has 1 aromatic heterocycles. The zero-order valence-electron chi connectivity index (χ0n) is 10.3. The minimum atomic E-state index is 0.828. The van der Waals surface area contributed by atoms with E-state index in [-0.39, 0.29) is 0 Å². The van der Waals surface area contributed by atoms with Crippen molar-refractivity contribution in [3.8, 4) is 0 Å². The topological polar surface area (TPSA) is 15.3 Å². The second-order valence-corrected chi connectivity index (χ2v) is 6.02. The van der Waals surface area contributed by atoms with Gasteiger partial charge in [-0.3, -0.25) is 0 Å². The van der Waals surface area contributed by atoms with Crippen molar-refractivity contribution in [3.63, 3.8) is 0 Å². The van der Waals surface area contributed by atoms with Gasteiger partial charge in [0.25, 0.3) is 0 Å². The zero-order valence-corrected chi connectivity index (χ0v) is 11.1. The molecule has 1 saturated heterocycles. The summed E-state index contributed by atoms with van der Waals surface area (Å²) in [6, 6.07) is 4.38. The SMILES string of the molecule is CC(CN(C)CCc1cccs1)C1CNC1. The first-order chi connectivity index (χ1) is 7.75. The van der Waals surface area contributed by atoms with E-state index in [0.717, 1.165) is 11.8 Å². The molecule has 0 spiro atoms. The van der Waals surface area contributed by atoms with Crippen LogP contribution in [0.25, 0.3) is 0 Å². The van der Waals surface area contributed by atoms with Crippen molar-refractivity contribution in [2.45, 2.75) is 13.3 Å². The Morgan fingerprint density at radius 3 is 2.94 bits per heavy atom. The van der Waals surface area contributed by atoms with Gasteiger partial charge in [-0.05, 0) is 49.8 Å². The van der Waals surface area contributed by atoms with E-state index in [0.29, 0.717) is 0 Å². The van der Waals surface area contributed by atoms with Crippen LogP contribution in [0.1, 0.15) is 11.8 Å². The maximum absolute atomic E-state index is 3.35. The van der Waals surface area contributed by atoms with Gasteiger partial charge in [0.1, 0.15) is 0 Å². The van der Waals surface area contributed by atoms with E-state index in [1.807, 2.05) is 11.3 Å². The fraction of sp³-hybridized carbons (Fsp3) is 0.692. The van der Waals surface area contributed by atoms with E-state index in [9.17, 15) is 0 Å². The number of likely N-dealkylation sites (N-methyl/N-ethyl adjacent to an activating group) is 1. The second-order valence-electron chi connectivity index (χ2n) is 4.99. The predicted octanol–water partition coefficient (Wildman–Crippen LogP) is 2.08. The fourth-order valence-electron chi connectivity index (χ4n) is 2.20. The van der Waals surface area contributed by atoms with Gasteiger partial charge < -0.3 is 10.2 Å². The molecule has 90 valence electrons. The predicted molar refractivity (Wildman–Crippen MR) is 71.0 cm³/mol. The molecule has 1 unspecified atom stereocenters. The lowest BCUT2D eigenvalue weighted by molar-refractivity contribution is 0.187. The highest BCUT2D eigenvalue weighted by molar-refractivity contribution is 7.09. The molecule has 1 aromatic rings. The van der Waals surface area contributed by atoms with E-state index in [1.54, 1.807) is 0 Å². The van der Waals surface area contributed by atoms with Gasteiger partial charge in [-0.2, -0.15) is 0 Å². The van der Waals surface area contributed by atoms with Crippen LogP contribution in [0.4, 0.5) is 0 Å². The Morgan fingerprint density at radius 1 is 1.56 bits per heavy atom. The van der Waals surface area contributed by atoms with E-state index in [4.69, 9.17) is 0 Å². The Labute approximate surface area is 103 Å². The molecule has 1 fully saturated rings. The summed E-state index contributed by atoms with van der Waals surface area (Å²) in [5.41, 5.74) is 0. The quantitative estimate of drug-likeness (QED) is 0.816. The highest BCUT2D eigenvalue weighted by Gasteiger charge is 2.23. The molecule has 0 aliphatic carbocycles. The van der Waals surface area contributed by atoms with Gasteiger partial charge in [-0.15, -0.1) is 11.3 Å². The van der Waals surface area contributed by atoms with Crippen molar-refractivity contribution in [2.75, 3.05) is 33.2 Å². The standard InChI is InChI=1S/C13H22N2S/c1-11(12-8-14-9-12)10-15(2)6-5-13-4-3-7-16-13/h3-4,7,11-12,14H,5-6,8-10H2,1-2H3. The molecule has 0 bridgehead atoms. The normalized spacial score (nSPS) is 18.7. The van der Waals surface area contributed by atoms with Crippen LogP contribution in [-0.2, 0) is 6.42 Å². The minimum absolute atomic E-state index is 0.828. The van der Waals surface area contributed by atoms with Crippen molar-refractivity contribution >= 4 is 11.3 Å². The van der Waals surface area contributed by atoms with Crippen molar-refractivity contribution < 1.29 is 0 Å². The summed E-state index contributed by atoms with van der Waals surface area (Å²) in [4.78, 5) is 3.98. The van der Waals surface area contributed by atoms with E-state index in [2.05, 4.69) is 41.7 Å². The van der Waals surface area contributed by atoms with Gasteiger partial charge in [-0.1, -0.05) is 13.0 Å². The highest BCUT2D eigenvalue weighted by atomic mass is 32.1. The number of rotatable bonds is 6. The van der Waals surface area contributed by atoms with Gasteiger partial charge in [0, 0.05) is 18.0 Å². The maximum atomic E-state index is 3.35. The summed E-state index contributed by atoms with van der Waals surface area (Å²) < 4.78 is 0. The molecule has 1 aliphatic heterocycles. The summed E-state index contributed by atoms with van der Waals surface area (Å²) >= 11 is 1.87. The Morgan fingerprint density at radius 2 is 2.38 bits per heavy atom. The lowest BCUT2D eigenvalue weighted by Crippen LogP contribution is -2.48. The molecule has 2 rings (SSSR count). The molecule has 1 N–H and O–H groups in total. The maximum Gasteiger partial charge on any atom is 0.00579 e. The summed E-state index contributed by atoms with van der Waals surface area (Å²) in [6.45, 7) is 7.25. The molecule has 0 saturated carbocycles. The Kier molecular flexibility index (Phi) is 4.38. The molecule has 0 amide bonds. The van der Waals surface area contributed by atoms with Crippen molar-refractivity contribution in [1.29, 1.82) is 0 Å². The third-order valence-corrected chi connectivity index (χ3v) is 4.47. The van der Waals surface area contributed by atoms with Crippen molar-refractivity contribution in [3.05, 3.63) is 22.4 Å². The third kappa shape index (κ3) is 3.30. The van der Waals surface area contributed by atoms with Crippen molar-refractivity contribution in [1.82, 2.24) is 10.2 Å². The van der Waals surface area contributed by atoms with Gasteiger partial charge in [0.2, 0.25) is 0 Å². The number of nitrogens with one attached hydrogen (secondary N) is 1. The Balaban J connectivity index is 1.65. The summed E-state index contributed by atoms with van der Waals surface area (Å²) in [5, 5.41) is 5.52. The lowest BCUT2D eigenvalue weighted by atomic mass is 9.88. The first-order valence-electron chi connectivity index (χ1n) is 6.17. The third-order valence-electron chi connectivity index (χ3n) is 3.54. The first-order valence-corrected chi connectivity index (χ1v) is 7.05. The monoisotopic (exact) mass is 238 g/mol. The summed E-state index contributed by atoms with van der Waals surface area (Å²) in [6.07, 6.45) is 1.20. The molecular formula is C13H22N2S. The highest BCUT2D eigenvalue weighted by Crippen LogP contribution is 2.17. The van der Waals surface area contributed by atoms with Gasteiger partial charge in [-0.25, -0.2) is 0 Å². The second kappa shape index (κ2) is 5.80. The van der Waals surface area contributed by atoms with Gasteiger partial charge >= 0.3 is 0 Å². The van der Waals surface area contributed by atoms with E-state index in [1.165, 1.54) is 37.5 Å². The average Bonchev–Trinajstić information content (AvgIpc) is 2.63. The minimum Gasteiger partial charge on any atom is -0.316 e. The lowest BCUT2D eigenvalue weighted by Gasteiger charge is -2.34. The number of thiophene rings is 1.